The number of nitrogens with zero attached hydrogens (tertiary/aromatic N) is 13. The summed E-state index contributed by atoms with van der Waals surface area (Å²) in [5, 5.41) is 3.39. The van der Waals surface area contributed by atoms with E-state index in [2.05, 4.69) is 40.2 Å². The van der Waals surface area contributed by atoms with Gasteiger partial charge in [0.05, 0.1) is 18.6 Å². The van der Waals surface area contributed by atoms with E-state index < -0.39 is 11.2 Å². The smallest absolute Gasteiger partial charge is 0.410 e. The lowest BCUT2D eigenvalue weighted by atomic mass is 10.0. The number of hydrogen-bond donors (Lipinski definition) is 3. The van der Waals surface area contributed by atoms with Gasteiger partial charge in [0.25, 0.3) is 5.56 Å². The number of aryl methyl sites for hydroxylation is 3. The Kier molecular flexibility index (Phi) is 18.2. The van der Waals surface area contributed by atoms with E-state index in [1.807, 2.05) is 61.6 Å². The maximum atomic E-state index is 13.7. The zero-order valence-electron chi connectivity index (χ0n) is 48.7. The van der Waals surface area contributed by atoms with Crippen LogP contribution in [0, 0.1) is 50.1 Å². The number of imidazole rings is 3. The Morgan fingerprint density at radius 1 is 0.583 bits per heavy atom. The van der Waals surface area contributed by atoms with Crippen molar-refractivity contribution in [2.24, 2.45) is 17.6 Å². The molecule has 24 heteroatoms. The molecule has 9 aromatic rings. The number of aromatic amines is 1. The van der Waals surface area contributed by atoms with Crippen molar-refractivity contribution in [3.05, 3.63) is 148 Å². The molecule has 0 aromatic carbocycles. The minimum absolute atomic E-state index is 0.118. The molecule has 0 bridgehead atoms. The van der Waals surface area contributed by atoms with Crippen LogP contribution in [0.3, 0.4) is 0 Å². The molecule has 3 aliphatic heterocycles. The summed E-state index contributed by atoms with van der Waals surface area (Å²) >= 11 is 0. The third-order valence-corrected chi connectivity index (χ3v) is 14.2. The Bertz CT molecular complexity index is 3860. The first-order chi connectivity index (χ1) is 39.9. The van der Waals surface area contributed by atoms with Gasteiger partial charge in [-0.15, -0.1) is 0 Å². The van der Waals surface area contributed by atoms with Gasteiger partial charge in [0.2, 0.25) is 0 Å². The van der Waals surface area contributed by atoms with Gasteiger partial charge in [0.1, 0.15) is 62.7 Å². The maximum absolute atomic E-state index is 13.7. The highest BCUT2D eigenvalue weighted by Crippen LogP contribution is 2.27. The number of hydrogen-bond acceptors (Lipinski definition) is 15. The summed E-state index contributed by atoms with van der Waals surface area (Å²) < 4.78 is 56.0. The van der Waals surface area contributed by atoms with Gasteiger partial charge in [-0.1, -0.05) is 0 Å². The lowest BCUT2D eigenvalue weighted by Crippen LogP contribution is -2.36. The summed E-state index contributed by atoms with van der Waals surface area (Å²) in [7, 11) is 0. The normalized spacial score (nSPS) is 16.9. The Balaban J connectivity index is 0.000000140. The SMILES string of the molecule is CC(C)(C)OC(=O)N1CC[C@@H](N)C1.Cc1cnc(-c2cnc3ccc(F)cn23)[nH]c1=O.Cc1cnc(-c2cnc3ccc(F)cn23)nc1C[C@@H]1CCN(C(=O)OC(C)(C)C)C1.Cc1cnc(-c2cnc3ccc(F)cn23)nc1C[C@@H]1CCNC1. The molecule has 12 heterocycles. The first-order valence-corrected chi connectivity index (χ1v) is 28.0. The Hall–Kier alpha value is -8.64. The number of likely N-dealkylation sites (tertiary alicyclic amines) is 2. The first kappa shape index (κ1) is 60.0. The number of ether oxygens (including phenoxy) is 2. The molecule has 2 amide bonds. The van der Waals surface area contributed by atoms with Crippen molar-refractivity contribution in [2.75, 3.05) is 39.3 Å². The molecular formula is C60H71F3N16O5. The molecule has 4 N–H and O–H groups in total. The molecule has 9 aromatic heterocycles. The summed E-state index contributed by atoms with van der Waals surface area (Å²) in [5.74, 6) is 1.36. The minimum atomic E-state index is -0.499. The first-order valence-electron chi connectivity index (χ1n) is 28.0. The van der Waals surface area contributed by atoms with Gasteiger partial charge in [0, 0.05) is 86.4 Å². The zero-order valence-corrected chi connectivity index (χ0v) is 48.7. The van der Waals surface area contributed by atoms with E-state index in [0.29, 0.717) is 88.5 Å². The molecule has 0 radical (unpaired) electrons. The molecule has 12 rings (SSSR count). The predicted molar refractivity (Wildman–Crippen MR) is 310 cm³/mol. The van der Waals surface area contributed by atoms with E-state index in [-0.39, 0.29) is 41.2 Å². The third-order valence-electron chi connectivity index (χ3n) is 14.2. The van der Waals surface area contributed by atoms with Gasteiger partial charge >= 0.3 is 12.2 Å². The quantitative estimate of drug-likeness (QED) is 0.135. The molecule has 3 fully saturated rings. The topological polar surface area (TPSA) is 246 Å². The monoisotopic (exact) mass is 1150 g/mol. The second-order valence-electron chi connectivity index (χ2n) is 23.4. The highest BCUT2D eigenvalue weighted by molar-refractivity contribution is 5.69. The standard InChI is InChI=1S/C22H26FN5O2.C17H18FN5.C12H9FN4O.C9H18N2O2/c1-14-10-25-20(18-11-24-19-6-5-16(23)13-28(18)19)26-17(14)9-15-7-8-27(12-15)21(29)30-22(2,3)4;1-11-7-21-17(22-14(11)6-12-4-5-19-8-12)15-9-20-16-3-2-13(18)10-23(15)16;1-7-4-15-11(16-12(7)18)9-5-14-10-3-2-8(13)6-17(9)10;1-9(2,3)13-8(12)11-5-4-7(10)6-11/h5-6,10-11,13,15H,7-9,12H2,1-4H3;2-3,7,9-10,12,19H,4-6,8H2,1H3;2-6H,1H3,(H,15,16,18);7H,4-6,10H2,1-3H3/t15-;12-;;7-/m00.1/s1. The molecule has 84 heavy (non-hydrogen) atoms. The van der Waals surface area contributed by atoms with Gasteiger partial charge in [-0.3, -0.25) is 18.0 Å². The minimum Gasteiger partial charge on any atom is -0.444 e. The van der Waals surface area contributed by atoms with Crippen molar-refractivity contribution in [1.29, 1.82) is 0 Å². The number of rotatable bonds is 7. The van der Waals surface area contributed by atoms with Crippen LogP contribution in [0.25, 0.3) is 51.5 Å². The van der Waals surface area contributed by atoms with E-state index >= 15 is 0 Å². The second kappa shape index (κ2) is 25.5. The average Bonchev–Trinajstić information content (AvgIpc) is 2.65. The molecule has 442 valence electrons. The van der Waals surface area contributed by atoms with Crippen molar-refractivity contribution < 1.29 is 32.2 Å². The van der Waals surface area contributed by atoms with Crippen LogP contribution in [0.2, 0.25) is 0 Å². The molecule has 0 aliphatic carbocycles. The second-order valence-corrected chi connectivity index (χ2v) is 23.4. The molecule has 3 atom stereocenters. The number of H-pyrrole nitrogens is 1. The Morgan fingerprint density at radius 2 is 1.04 bits per heavy atom. The van der Waals surface area contributed by atoms with E-state index in [1.165, 1.54) is 49.4 Å². The highest BCUT2D eigenvalue weighted by Gasteiger charge is 2.31. The van der Waals surface area contributed by atoms with Gasteiger partial charge in [-0.05, 0) is 167 Å². The molecular weight excluding hydrogens is 1080 g/mol. The van der Waals surface area contributed by atoms with Gasteiger partial charge in [-0.25, -0.2) is 62.6 Å². The molecule has 3 saturated heterocycles. The Morgan fingerprint density at radius 3 is 1.49 bits per heavy atom. The fourth-order valence-electron chi connectivity index (χ4n) is 9.78. The predicted octanol–water partition coefficient (Wildman–Crippen LogP) is 8.92. The lowest BCUT2D eigenvalue weighted by molar-refractivity contribution is 0.0279. The van der Waals surface area contributed by atoms with E-state index in [4.69, 9.17) is 25.2 Å². The number of nitrogens with one attached hydrogen (secondary N) is 2. The number of amides is 2. The fourth-order valence-corrected chi connectivity index (χ4v) is 9.78. The molecule has 3 aliphatic rings. The number of carbonyl (C=O) groups is 2. The van der Waals surface area contributed by atoms with Crippen LogP contribution in [-0.2, 0) is 22.3 Å². The third kappa shape index (κ3) is 15.1. The number of pyridine rings is 3. The van der Waals surface area contributed by atoms with Crippen LogP contribution >= 0.6 is 0 Å². The number of nitrogens with two attached hydrogens (primary N) is 1. The largest absolute Gasteiger partial charge is 0.444 e. The van der Waals surface area contributed by atoms with E-state index in [1.54, 1.807) is 72.9 Å². The van der Waals surface area contributed by atoms with E-state index in [9.17, 15) is 27.6 Å². The van der Waals surface area contributed by atoms with Crippen LogP contribution in [0.4, 0.5) is 22.8 Å². The molecule has 21 nitrogen and oxygen atoms in total. The summed E-state index contributed by atoms with van der Waals surface area (Å²) in [4.78, 5) is 76.6. The maximum Gasteiger partial charge on any atom is 0.410 e. The summed E-state index contributed by atoms with van der Waals surface area (Å²) in [6.45, 7) is 21.7. The molecule has 0 spiro atoms. The van der Waals surface area contributed by atoms with Crippen molar-refractivity contribution in [3.63, 3.8) is 0 Å². The van der Waals surface area contributed by atoms with Crippen molar-refractivity contribution >= 4 is 29.1 Å². The summed E-state index contributed by atoms with van der Waals surface area (Å²) in [6, 6.07) is 9.07. The molecule has 0 saturated carbocycles. The van der Waals surface area contributed by atoms with Crippen LogP contribution in [0.1, 0.15) is 88.9 Å². The van der Waals surface area contributed by atoms with Gasteiger partial charge in [-0.2, -0.15) is 0 Å². The van der Waals surface area contributed by atoms with Crippen molar-refractivity contribution in [1.82, 2.24) is 73.2 Å². The van der Waals surface area contributed by atoms with Gasteiger partial charge < -0.3 is 35.3 Å². The number of fused-ring (bicyclic) bond motifs is 3. The average molecular weight is 1150 g/mol. The molecule has 0 unspecified atom stereocenters. The Labute approximate surface area is 484 Å². The number of carbonyl (C=O) groups excluding carboxylic acids is 2. The van der Waals surface area contributed by atoms with Gasteiger partial charge in [0.15, 0.2) is 17.5 Å². The number of halogens is 3. The van der Waals surface area contributed by atoms with Crippen molar-refractivity contribution in [2.45, 2.75) is 112 Å². The summed E-state index contributed by atoms with van der Waals surface area (Å²) in [5.41, 5.74) is 13.0. The highest BCUT2D eigenvalue weighted by atomic mass is 19.1. The fraction of sp³-hybridized carbons (Fsp3) is 0.417. The lowest BCUT2D eigenvalue weighted by Gasteiger charge is -2.24. The summed E-state index contributed by atoms with van der Waals surface area (Å²) in [6.07, 6.45) is 18.2. The van der Waals surface area contributed by atoms with Crippen molar-refractivity contribution in [3.8, 4) is 34.6 Å². The van der Waals surface area contributed by atoms with Crippen LogP contribution in [0.5, 0.6) is 0 Å². The van der Waals surface area contributed by atoms with Crippen LogP contribution in [0.15, 0.2) is 97.0 Å². The number of aromatic nitrogens is 12. The van der Waals surface area contributed by atoms with Crippen LogP contribution in [-0.4, -0.2) is 137 Å². The zero-order chi connectivity index (χ0) is 60.0. The van der Waals surface area contributed by atoms with E-state index in [0.717, 1.165) is 67.8 Å². The van der Waals surface area contributed by atoms with Crippen LogP contribution < -0.4 is 16.6 Å².